The molecule has 9 heteroatoms. The van der Waals surface area contributed by atoms with Crippen LogP contribution in [-0.4, -0.2) is 21.9 Å². The van der Waals surface area contributed by atoms with E-state index in [-0.39, 0.29) is 6.61 Å². The maximum absolute atomic E-state index is 12.0. The zero-order valence-corrected chi connectivity index (χ0v) is 18.9. The zero-order valence-electron chi connectivity index (χ0n) is 17.3. The fraction of sp³-hybridized carbons (Fsp3) is 0.174. The lowest BCUT2D eigenvalue weighted by atomic mass is 10.1. The molecule has 2 aromatic carbocycles. The fourth-order valence-electron chi connectivity index (χ4n) is 3.12. The minimum Gasteiger partial charge on any atom is -0.497 e. The van der Waals surface area contributed by atoms with E-state index in [1.807, 2.05) is 16.7 Å². The van der Waals surface area contributed by atoms with Crippen LogP contribution in [0.2, 0.25) is 5.02 Å². The molecule has 2 aromatic heterocycles. The molecule has 0 unspecified atom stereocenters. The smallest absolute Gasteiger partial charge is 0.336 e. The summed E-state index contributed by atoms with van der Waals surface area (Å²) in [6.45, 7) is 4.61. The van der Waals surface area contributed by atoms with Gasteiger partial charge in [0.1, 0.15) is 23.7 Å². The van der Waals surface area contributed by atoms with Crippen molar-refractivity contribution in [3.05, 3.63) is 88.0 Å². The van der Waals surface area contributed by atoms with Gasteiger partial charge in [-0.3, -0.25) is 4.57 Å². The van der Waals surface area contributed by atoms with Crippen LogP contribution in [0.25, 0.3) is 11.0 Å². The average Bonchev–Trinajstić information content (AvgIpc) is 3.18. The molecule has 0 aliphatic rings. The molecule has 0 bridgehead atoms. The third kappa shape index (κ3) is 4.98. The molecule has 0 aliphatic heterocycles. The highest BCUT2D eigenvalue weighted by Crippen LogP contribution is 2.28. The van der Waals surface area contributed by atoms with Crippen LogP contribution in [0.1, 0.15) is 11.4 Å². The Morgan fingerprint density at radius 3 is 2.69 bits per heavy atom. The van der Waals surface area contributed by atoms with Crippen LogP contribution in [0.5, 0.6) is 11.5 Å². The van der Waals surface area contributed by atoms with Gasteiger partial charge in [0, 0.05) is 34.8 Å². The maximum atomic E-state index is 12.0. The van der Waals surface area contributed by atoms with Gasteiger partial charge in [0.2, 0.25) is 0 Å². The first-order valence-corrected chi connectivity index (χ1v) is 11.1. The first kappa shape index (κ1) is 22.0. The Balaban J connectivity index is 1.54. The van der Waals surface area contributed by atoms with Gasteiger partial charge in [-0.2, -0.15) is 0 Å². The summed E-state index contributed by atoms with van der Waals surface area (Å²) in [6, 6.07) is 14.1. The van der Waals surface area contributed by atoms with Crippen molar-refractivity contribution < 1.29 is 13.9 Å². The maximum Gasteiger partial charge on any atom is 0.336 e. The minimum atomic E-state index is -0.411. The molecule has 164 valence electrons. The quantitative estimate of drug-likeness (QED) is 0.191. The Morgan fingerprint density at radius 1 is 1.16 bits per heavy atom. The molecule has 0 fully saturated rings. The number of halogens is 1. The zero-order chi connectivity index (χ0) is 22.5. The van der Waals surface area contributed by atoms with Gasteiger partial charge in [0.15, 0.2) is 11.0 Å². The van der Waals surface area contributed by atoms with E-state index < -0.39 is 5.63 Å². The molecule has 0 radical (unpaired) electrons. The molecule has 32 heavy (non-hydrogen) atoms. The number of thioether (sulfide) groups is 1. The lowest BCUT2D eigenvalue weighted by molar-refractivity contribution is 0.289. The molecule has 4 aromatic rings. The van der Waals surface area contributed by atoms with Crippen LogP contribution >= 0.6 is 23.4 Å². The van der Waals surface area contributed by atoms with Crippen molar-refractivity contribution in [3.63, 3.8) is 0 Å². The molecule has 0 N–H and O–H groups in total. The first-order valence-electron chi connectivity index (χ1n) is 9.72. The molecule has 7 nitrogen and oxygen atoms in total. The van der Waals surface area contributed by atoms with Crippen LogP contribution in [-0.2, 0) is 18.9 Å². The van der Waals surface area contributed by atoms with Crippen molar-refractivity contribution in [3.8, 4) is 11.5 Å². The van der Waals surface area contributed by atoms with Gasteiger partial charge >= 0.3 is 5.63 Å². The number of hydrogen-bond donors (Lipinski definition) is 0. The number of methoxy groups -OCH3 is 1. The molecule has 4 rings (SSSR count). The molecule has 2 heterocycles. The summed E-state index contributed by atoms with van der Waals surface area (Å²) in [5, 5.41) is 10.8. The Bertz CT molecular complexity index is 1300. The van der Waals surface area contributed by atoms with E-state index in [0.717, 1.165) is 10.9 Å². The number of aromatic nitrogens is 3. The van der Waals surface area contributed by atoms with Crippen molar-refractivity contribution in [2.75, 3.05) is 7.11 Å². The second-order valence-electron chi connectivity index (χ2n) is 6.78. The van der Waals surface area contributed by atoms with E-state index in [0.29, 0.717) is 45.4 Å². The molecular weight excluding hydrogens is 450 g/mol. The number of rotatable bonds is 9. The third-order valence-electron chi connectivity index (χ3n) is 4.68. The Morgan fingerprint density at radius 2 is 1.94 bits per heavy atom. The van der Waals surface area contributed by atoms with E-state index in [1.54, 1.807) is 43.5 Å². The van der Waals surface area contributed by atoms with Gasteiger partial charge in [-0.05, 0) is 42.0 Å². The summed E-state index contributed by atoms with van der Waals surface area (Å²) in [5.41, 5.74) is 0.916. The number of fused-ring (bicyclic) bond motifs is 1. The van der Waals surface area contributed by atoms with Crippen LogP contribution in [0.3, 0.4) is 0 Å². The fourth-order valence-corrected chi connectivity index (χ4v) is 4.21. The predicted molar refractivity (Wildman–Crippen MR) is 125 cm³/mol. The van der Waals surface area contributed by atoms with Crippen molar-refractivity contribution in [1.29, 1.82) is 0 Å². The summed E-state index contributed by atoms with van der Waals surface area (Å²) in [7, 11) is 1.57. The summed E-state index contributed by atoms with van der Waals surface area (Å²) >= 11 is 7.39. The molecule has 0 saturated heterocycles. The number of benzene rings is 2. The van der Waals surface area contributed by atoms with Gasteiger partial charge in [-0.1, -0.05) is 29.4 Å². The lowest BCUT2D eigenvalue weighted by Gasteiger charge is -2.10. The van der Waals surface area contributed by atoms with E-state index in [2.05, 4.69) is 16.8 Å². The van der Waals surface area contributed by atoms with Crippen LogP contribution in [0.4, 0.5) is 0 Å². The standard InChI is InChI=1S/C23H20ClN3O4S/c1-3-10-27-21(13-30-17-6-4-16(24)5-7-17)25-26-23(27)32-14-15-11-22(28)31-20-12-18(29-2)8-9-19(15)20/h3-9,11-12H,1,10,13-14H2,2H3. The van der Waals surface area contributed by atoms with E-state index in [4.69, 9.17) is 25.5 Å². The summed E-state index contributed by atoms with van der Waals surface area (Å²) in [5.74, 6) is 2.50. The Kier molecular flexibility index (Phi) is 6.82. The number of hydrogen-bond acceptors (Lipinski definition) is 7. The van der Waals surface area contributed by atoms with Crippen LogP contribution in [0.15, 0.2) is 75.6 Å². The second kappa shape index (κ2) is 9.93. The highest BCUT2D eigenvalue weighted by Gasteiger charge is 2.14. The molecule has 0 amide bonds. The SMILES string of the molecule is C=CCn1c(COc2ccc(Cl)cc2)nnc1SCc1cc(=O)oc2cc(OC)ccc12. The molecule has 0 atom stereocenters. The largest absolute Gasteiger partial charge is 0.497 e. The summed E-state index contributed by atoms with van der Waals surface area (Å²) in [4.78, 5) is 12.0. The molecule has 0 saturated carbocycles. The third-order valence-corrected chi connectivity index (χ3v) is 5.95. The van der Waals surface area contributed by atoms with Gasteiger partial charge in [-0.15, -0.1) is 16.8 Å². The Labute approximate surface area is 193 Å². The highest BCUT2D eigenvalue weighted by molar-refractivity contribution is 7.98. The Hall–Kier alpha value is -3.23. The highest BCUT2D eigenvalue weighted by atomic mass is 35.5. The minimum absolute atomic E-state index is 0.251. The first-order chi connectivity index (χ1) is 15.6. The summed E-state index contributed by atoms with van der Waals surface area (Å²) in [6.07, 6.45) is 1.78. The van der Waals surface area contributed by atoms with Crippen molar-refractivity contribution in [1.82, 2.24) is 14.8 Å². The van der Waals surface area contributed by atoms with E-state index in [1.165, 1.54) is 17.8 Å². The molecule has 0 spiro atoms. The normalized spacial score (nSPS) is 10.9. The number of allylic oxidation sites excluding steroid dienone is 1. The molecule has 0 aliphatic carbocycles. The van der Waals surface area contributed by atoms with Gasteiger partial charge < -0.3 is 13.9 Å². The van der Waals surface area contributed by atoms with Gasteiger partial charge in [0.05, 0.1) is 7.11 Å². The number of ether oxygens (including phenoxy) is 2. The molecular formula is C23H20ClN3O4S. The average molecular weight is 470 g/mol. The van der Waals surface area contributed by atoms with E-state index in [9.17, 15) is 4.79 Å². The van der Waals surface area contributed by atoms with Crippen LogP contribution in [0, 0.1) is 0 Å². The second-order valence-corrected chi connectivity index (χ2v) is 8.16. The van der Waals surface area contributed by atoms with Gasteiger partial charge in [-0.25, -0.2) is 4.79 Å². The van der Waals surface area contributed by atoms with E-state index >= 15 is 0 Å². The number of nitrogens with zero attached hydrogens (tertiary/aromatic N) is 3. The lowest BCUT2D eigenvalue weighted by Crippen LogP contribution is -2.07. The van der Waals surface area contributed by atoms with Crippen molar-refractivity contribution in [2.24, 2.45) is 0 Å². The van der Waals surface area contributed by atoms with Crippen LogP contribution < -0.4 is 15.1 Å². The van der Waals surface area contributed by atoms with Crippen molar-refractivity contribution in [2.45, 2.75) is 24.1 Å². The van der Waals surface area contributed by atoms with Gasteiger partial charge in [0.25, 0.3) is 0 Å². The predicted octanol–water partition coefficient (Wildman–Crippen LogP) is 5.10. The van der Waals surface area contributed by atoms with Crippen molar-refractivity contribution >= 4 is 34.3 Å². The summed E-state index contributed by atoms with van der Waals surface area (Å²) < 4.78 is 18.3. The monoisotopic (exact) mass is 469 g/mol. The topological polar surface area (TPSA) is 79.4 Å².